The Kier molecular flexibility index (Phi) is 5.39. The second-order valence-electron chi connectivity index (χ2n) is 5.95. The van der Waals surface area contributed by atoms with Gasteiger partial charge in [0.05, 0.1) is 6.20 Å². The van der Waals surface area contributed by atoms with E-state index in [2.05, 4.69) is 42.5 Å². The van der Waals surface area contributed by atoms with E-state index in [1.165, 1.54) is 6.92 Å². The number of nitrogens with zero attached hydrogens (tertiary/aromatic N) is 5. The molecule has 1 saturated heterocycles. The van der Waals surface area contributed by atoms with Gasteiger partial charge in [-0.25, -0.2) is 0 Å². The number of carbonyl (C=O) groups is 1. The van der Waals surface area contributed by atoms with Crippen LogP contribution in [-0.2, 0) is 4.79 Å². The van der Waals surface area contributed by atoms with Crippen LogP contribution < -0.4 is 15.5 Å². The predicted octanol–water partition coefficient (Wildman–Crippen LogP) is 1.72. The molecule has 8 heteroatoms. The van der Waals surface area contributed by atoms with Gasteiger partial charge < -0.3 is 20.4 Å². The fraction of sp³-hybridized carbons (Fsp3) is 0.412. The largest absolute Gasteiger partial charge is 0.339 e. The minimum absolute atomic E-state index is 0.0893. The second kappa shape index (κ2) is 7.89. The normalized spacial score (nSPS) is 15.0. The molecule has 0 radical (unpaired) electrons. The van der Waals surface area contributed by atoms with E-state index >= 15 is 0 Å². The van der Waals surface area contributed by atoms with Gasteiger partial charge in [-0.1, -0.05) is 6.92 Å². The summed E-state index contributed by atoms with van der Waals surface area (Å²) < 4.78 is 0. The fourth-order valence-electron chi connectivity index (χ4n) is 2.74. The average Bonchev–Trinajstić information content (AvgIpc) is 2.63. The smallest absolute Gasteiger partial charge is 0.247 e. The van der Waals surface area contributed by atoms with E-state index in [1.807, 2.05) is 24.3 Å². The zero-order valence-electron chi connectivity index (χ0n) is 14.6. The number of hydrogen-bond donors (Lipinski definition) is 2. The zero-order valence-corrected chi connectivity index (χ0v) is 14.6. The van der Waals surface area contributed by atoms with Gasteiger partial charge in [0.2, 0.25) is 11.9 Å². The number of anilines is 4. The summed E-state index contributed by atoms with van der Waals surface area (Å²) >= 11 is 0. The minimum atomic E-state index is -0.0893. The van der Waals surface area contributed by atoms with Crippen molar-refractivity contribution in [1.29, 1.82) is 0 Å². The van der Waals surface area contributed by atoms with Crippen LogP contribution >= 0.6 is 0 Å². The summed E-state index contributed by atoms with van der Waals surface area (Å²) in [7, 11) is 0. The monoisotopic (exact) mass is 341 g/mol. The Bertz CT molecular complexity index is 711. The van der Waals surface area contributed by atoms with E-state index in [9.17, 15) is 4.79 Å². The number of amides is 1. The molecule has 2 heterocycles. The van der Waals surface area contributed by atoms with E-state index in [0.717, 1.165) is 44.1 Å². The molecule has 3 rings (SSSR count). The number of hydrogen-bond acceptors (Lipinski definition) is 7. The van der Waals surface area contributed by atoms with E-state index in [0.29, 0.717) is 11.8 Å². The molecule has 25 heavy (non-hydrogen) atoms. The van der Waals surface area contributed by atoms with Gasteiger partial charge in [0.15, 0.2) is 5.82 Å². The summed E-state index contributed by atoms with van der Waals surface area (Å²) in [6.45, 7) is 8.58. The standard InChI is InChI=1S/C17H23N7O/c1-3-23-8-10-24(11-9-23)17-21-16(12-18-22-17)20-15-6-4-14(5-7-15)19-13(2)25/h4-7,12H,3,8-11H2,1-2H3,(H,19,25)(H,20,21,22). The molecule has 1 fully saturated rings. The predicted molar refractivity (Wildman–Crippen MR) is 98.2 cm³/mol. The van der Waals surface area contributed by atoms with Crippen molar-refractivity contribution in [2.75, 3.05) is 48.3 Å². The van der Waals surface area contributed by atoms with Crippen molar-refractivity contribution in [3.8, 4) is 0 Å². The van der Waals surface area contributed by atoms with Crippen LogP contribution in [-0.4, -0.2) is 58.7 Å². The SMILES string of the molecule is CCN1CCN(c2nncc(Nc3ccc(NC(C)=O)cc3)n2)CC1. The highest BCUT2D eigenvalue weighted by Crippen LogP contribution is 2.19. The van der Waals surface area contributed by atoms with Gasteiger partial charge in [-0.2, -0.15) is 10.1 Å². The maximum absolute atomic E-state index is 11.1. The van der Waals surface area contributed by atoms with Gasteiger partial charge in [0.1, 0.15) is 0 Å². The summed E-state index contributed by atoms with van der Waals surface area (Å²) in [4.78, 5) is 20.2. The molecule has 0 aliphatic carbocycles. The Morgan fingerprint density at radius 1 is 1.12 bits per heavy atom. The van der Waals surface area contributed by atoms with Gasteiger partial charge in [-0.05, 0) is 30.8 Å². The lowest BCUT2D eigenvalue weighted by Gasteiger charge is -2.33. The van der Waals surface area contributed by atoms with E-state index in [4.69, 9.17) is 0 Å². The number of aromatic nitrogens is 3. The van der Waals surface area contributed by atoms with Gasteiger partial charge in [0, 0.05) is 44.5 Å². The van der Waals surface area contributed by atoms with Gasteiger partial charge in [-0.15, -0.1) is 5.10 Å². The lowest BCUT2D eigenvalue weighted by molar-refractivity contribution is -0.114. The molecule has 0 bridgehead atoms. The maximum atomic E-state index is 11.1. The molecule has 2 N–H and O–H groups in total. The van der Waals surface area contributed by atoms with Crippen LogP contribution in [0.1, 0.15) is 13.8 Å². The first-order chi connectivity index (χ1) is 12.1. The van der Waals surface area contributed by atoms with Crippen LogP contribution in [0, 0.1) is 0 Å². The third-order valence-electron chi connectivity index (χ3n) is 4.13. The second-order valence-corrected chi connectivity index (χ2v) is 5.95. The van der Waals surface area contributed by atoms with Gasteiger partial charge in [0.25, 0.3) is 0 Å². The highest BCUT2D eigenvalue weighted by molar-refractivity contribution is 5.88. The Morgan fingerprint density at radius 2 is 1.80 bits per heavy atom. The topological polar surface area (TPSA) is 86.3 Å². The van der Waals surface area contributed by atoms with Crippen LogP contribution in [0.25, 0.3) is 0 Å². The first-order valence-corrected chi connectivity index (χ1v) is 8.46. The third-order valence-corrected chi connectivity index (χ3v) is 4.13. The zero-order chi connectivity index (χ0) is 17.6. The van der Waals surface area contributed by atoms with Crippen LogP contribution in [0.15, 0.2) is 30.5 Å². The van der Waals surface area contributed by atoms with Crippen molar-refractivity contribution >= 4 is 29.0 Å². The van der Waals surface area contributed by atoms with Gasteiger partial charge >= 0.3 is 0 Å². The summed E-state index contributed by atoms with van der Waals surface area (Å²) in [5.74, 6) is 1.21. The fourth-order valence-corrected chi connectivity index (χ4v) is 2.74. The lowest BCUT2D eigenvalue weighted by Crippen LogP contribution is -2.46. The third kappa shape index (κ3) is 4.63. The molecule has 1 aliphatic heterocycles. The maximum Gasteiger partial charge on any atom is 0.247 e. The highest BCUT2D eigenvalue weighted by atomic mass is 16.1. The Hall–Kier alpha value is -2.74. The number of nitrogens with one attached hydrogen (secondary N) is 2. The Morgan fingerprint density at radius 3 is 2.44 bits per heavy atom. The molecule has 8 nitrogen and oxygen atoms in total. The van der Waals surface area contributed by atoms with E-state index in [-0.39, 0.29) is 5.91 Å². The summed E-state index contributed by atoms with van der Waals surface area (Å²) in [6.07, 6.45) is 1.60. The summed E-state index contributed by atoms with van der Waals surface area (Å²) in [6, 6.07) is 7.44. The molecule has 0 unspecified atom stereocenters. The van der Waals surface area contributed by atoms with Crippen molar-refractivity contribution in [2.45, 2.75) is 13.8 Å². The van der Waals surface area contributed by atoms with Crippen molar-refractivity contribution in [3.63, 3.8) is 0 Å². The number of piperazine rings is 1. The summed E-state index contributed by atoms with van der Waals surface area (Å²) in [5, 5.41) is 14.2. The average molecular weight is 341 g/mol. The number of benzene rings is 1. The van der Waals surface area contributed by atoms with Crippen molar-refractivity contribution in [2.24, 2.45) is 0 Å². The van der Waals surface area contributed by atoms with Crippen LogP contribution in [0.2, 0.25) is 0 Å². The van der Waals surface area contributed by atoms with Crippen molar-refractivity contribution < 1.29 is 4.79 Å². The first kappa shape index (κ1) is 17.1. The van der Waals surface area contributed by atoms with Crippen molar-refractivity contribution in [3.05, 3.63) is 30.5 Å². The molecule has 1 aromatic heterocycles. The molecular weight excluding hydrogens is 318 g/mol. The van der Waals surface area contributed by atoms with Gasteiger partial charge in [-0.3, -0.25) is 4.79 Å². The first-order valence-electron chi connectivity index (χ1n) is 8.46. The molecule has 1 aromatic carbocycles. The van der Waals surface area contributed by atoms with Crippen LogP contribution in [0.5, 0.6) is 0 Å². The lowest BCUT2D eigenvalue weighted by atomic mass is 10.3. The molecular formula is C17H23N7O. The highest BCUT2D eigenvalue weighted by Gasteiger charge is 2.18. The minimum Gasteiger partial charge on any atom is -0.339 e. The quantitative estimate of drug-likeness (QED) is 0.856. The molecule has 132 valence electrons. The molecule has 0 atom stereocenters. The Balaban J connectivity index is 1.64. The van der Waals surface area contributed by atoms with E-state index < -0.39 is 0 Å². The molecule has 0 spiro atoms. The number of rotatable bonds is 5. The van der Waals surface area contributed by atoms with E-state index in [1.54, 1.807) is 6.20 Å². The molecule has 2 aromatic rings. The number of likely N-dealkylation sites (N-methyl/N-ethyl adjacent to an activating group) is 1. The summed E-state index contributed by atoms with van der Waals surface area (Å²) in [5.41, 5.74) is 1.63. The number of carbonyl (C=O) groups excluding carboxylic acids is 1. The Labute approximate surface area is 147 Å². The van der Waals surface area contributed by atoms with Crippen LogP contribution in [0.4, 0.5) is 23.1 Å². The molecule has 1 amide bonds. The molecule has 0 saturated carbocycles. The van der Waals surface area contributed by atoms with Crippen molar-refractivity contribution in [1.82, 2.24) is 20.1 Å². The molecule has 1 aliphatic rings. The van der Waals surface area contributed by atoms with Crippen LogP contribution in [0.3, 0.4) is 0 Å².